The summed E-state index contributed by atoms with van der Waals surface area (Å²) in [5.41, 5.74) is 0. The normalized spacial score (nSPS) is 13.9. The van der Waals surface area contributed by atoms with E-state index in [0.717, 1.165) is 96.3 Å². The van der Waals surface area contributed by atoms with E-state index in [0.29, 0.717) is 31.6 Å². The van der Waals surface area contributed by atoms with Gasteiger partial charge in [0.1, 0.15) is 19.3 Å². The van der Waals surface area contributed by atoms with Crippen molar-refractivity contribution in [1.29, 1.82) is 0 Å². The van der Waals surface area contributed by atoms with Crippen molar-refractivity contribution >= 4 is 39.5 Å². The number of rotatable bonds is 76. The van der Waals surface area contributed by atoms with Crippen LogP contribution in [0, 0.1) is 5.92 Å². The van der Waals surface area contributed by atoms with E-state index in [-0.39, 0.29) is 25.7 Å². The summed E-state index contributed by atoms with van der Waals surface area (Å²) in [4.78, 5) is 72.7. The smallest absolute Gasteiger partial charge is 0.462 e. The predicted molar refractivity (Wildman–Crippen MR) is 386 cm³/mol. The Hall–Kier alpha value is -1.94. The van der Waals surface area contributed by atoms with Crippen molar-refractivity contribution in [2.45, 2.75) is 419 Å². The molecule has 0 aliphatic heterocycles. The van der Waals surface area contributed by atoms with Crippen LogP contribution in [0.1, 0.15) is 401 Å². The molecule has 19 heteroatoms. The van der Waals surface area contributed by atoms with Gasteiger partial charge in [-0.25, -0.2) is 9.13 Å². The Labute approximate surface area is 581 Å². The molecule has 0 heterocycles. The molecule has 17 nitrogen and oxygen atoms in total. The lowest BCUT2D eigenvalue weighted by atomic mass is 10.0. The maximum Gasteiger partial charge on any atom is 0.472 e. The zero-order chi connectivity index (χ0) is 69.8. The average Bonchev–Trinajstić information content (AvgIpc) is 1.97. The number of ether oxygens (including phenoxy) is 4. The number of aliphatic hydroxyl groups is 1. The lowest BCUT2D eigenvalue weighted by Gasteiger charge is -2.21. The van der Waals surface area contributed by atoms with Gasteiger partial charge in [-0.05, 0) is 31.6 Å². The maximum atomic E-state index is 13.1. The molecular formula is C76H148O17P2. The van der Waals surface area contributed by atoms with Crippen LogP contribution in [0.5, 0.6) is 0 Å². The van der Waals surface area contributed by atoms with Crippen LogP contribution in [0.3, 0.4) is 0 Å². The molecule has 5 atom stereocenters. The van der Waals surface area contributed by atoms with Crippen LogP contribution in [-0.2, 0) is 65.4 Å². The first-order chi connectivity index (χ1) is 46.0. The van der Waals surface area contributed by atoms with Crippen molar-refractivity contribution in [3.05, 3.63) is 0 Å². The van der Waals surface area contributed by atoms with Crippen LogP contribution >= 0.6 is 15.6 Å². The van der Waals surface area contributed by atoms with Gasteiger partial charge in [0, 0.05) is 25.7 Å². The van der Waals surface area contributed by atoms with Crippen molar-refractivity contribution in [2.24, 2.45) is 5.92 Å². The molecule has 0 amide bonds. The van der Waals surface area contributed by atoms with E-state index in [9.17, 15) is 43.2 Å². The van der Waals surface area contributed by atoms with E-state index in [1.807, 2.05) is 0 Å². The van der Waals surface area contributed by atoms with Crippen molar-refractivity contribution in [3.63, 3.8) is 0 Å². The molecule has 0 aromatic rings. The fourth-order valence-electron chi connectivity index (χ4n) is 11.7. The number of carbonyl (C=O) groups is 4. The number of hydrogen-bond acceptors (Lipinski definition) is 15. The minimum absolute atomic E-state index is 0.106. The van der Waals surface area contributed by atoms with Crippen LogP contribution in [0.2, 0.25) is 0 Å². The van der Waals surface area contributed by atoms with Crippen molar-refractivity contribution in [3.8, 4) is 0 Å². The van der Waals surface area contributed by atoms with Crippen LogP contribution < -0.4 is 0 Å². The molecule has 0 radical (unpaired) electrons. The van der Waals surface area contributed by atoms with E-state index < -0.39 is 97.5 Å². The summed E-state index contributed by atoms with van der Waals surface area (Å²) in [5, 5.41) is 10.6. The van der Waals surface area contributed by atoms with E-state index in [2.05, 4.69) is 34.6 Å². The molecule has 0 aromatic carbocycles. The van der Waals surface area contributed by atoms with E-state index in [1.165, 1.54) is 218 Å². The minimum Gasteiger partial charge on any atom is -0.462 e. The van der Waals surface area contributed by atoms with Crippen LogP contribution in [0.25, 0.3) is 0 Å². The first-order valence-electron chi connectivity index (χ1n) is 39.6. The number of esters is 4. The monoisotopic (exact) mass is 1400 g/mol. The number of phosphoric ester groups is 2. The van der Waals surface area contributed by atoms with Gasteiger partial charge in [0.25, 0.3) is 0 Å². The summed E-state index contributed by atoms with van der Waals surface area (Å²) in [5.74, 6) is -1.41. The summed E-state index contributed by atoms with van der Waals surface area (Å²) in [6.07, 6.45) is 58.5. The lowest BCUT2D eigenvalue weighted by molar-refractivity contribution is -0.161. The third-order valence-electron chi connectivity index (χ3n) is 17.8. The maximum absolute atomic E-state index is 13.1. The van der Waals surface area contributed by atoms with E-state index in [4.69, 9.17) is 37.0 Å². The molecule has 0 aliphatic rings. The fourth-order valence-corrected chi connectivity index (χ4v) is 13.3. The summed E-state index contributed by atoms with van der Waals surface area (Å²) < 4.78 is 68.4. The average molecular weight is 1400 g/mol. The highest BCUT2D eigenvalue weighted by atomic mass is 31.2. The van der Waals surface area contributed by atoms with Gasteiger partial charge in [0.2, 0.25) is 0 Å². The minimum atomic E-state index is -4.96. The number of carbonyl (C=O) groups excluding carboxylic acids is 4. The molecule has 0 rings (SSSR count). The summed E-state index contributed by atoms with van der Waals surface area (Å²) >= 11 is 0. The Balaban J connectivity index is 5.16. The topological polar surface area (TPSA) is 237 Å². The highest BCUT2D eigenvalue weighted by Gasteiger charge is 2.30. The molecule has 0 saturated carbocycles. The quantitative estimate of drug-likeness (QED) is 0.0222. The third kappa shape index (κ3) is 70.3. The van der Waals surface area contributed by atoms with Crippen LogP contribution in [0.15, 0.2) is 0 Å². The fraction of sp³-hybridized carbons (Fsp3) is 0.947. The molecule has 3 N–H and O–H groups in total. The summed E-state index contributed by atoms with van der Waals surface area (Å²) in [7, 11) is -9.91. The second-order valence-corrected chi connectivity index (χ2v) is 30.8. The molecule has 0 saturated heterocycles. The van der Waals surface area contributed by atoms with Gasteiger partial charge < -0.3 is 33.8 Å². The number of unbranched alkanes of at least 4 members (excludes halogenated alkanes) is 48. The Bertz CT molecular complexity index is 1820. The molecule has 0 aliphatic carbocycles. The first kappa shape index (κ1) is 93.1. The van der Waals surface area contributed by atoms with Crippen LogP contribution in [0.4, 0.5) is 0 Å². The predicted octanol–water partition coefficient (Wildman–Crippen LogP) is 22.5. The van der Waals surface area contributed by atoms with Crippen molar-refractivity contribution in [1.82, 2.24) is 0 Å². The summed E-state index contributed by atoms with van der Waals surface area (Å²) in [6.45, 7) is 7.22. The summed E-state index contributed by atoms with van der Waals surface area (Å²) in [6, 6.07) is 0. The Morgan fingerprint density at radius 3 is 0.716 bits per heavy atom. The Morgan fingerprint density at radius 1 is 0.284 bits per heavy atom. The highest BCUT2D eigenvalue weighted by Crippen LogP contribution is 2.45. The van der Waals surface area contributed by atoms with Gasteiger partial charge >= 0.3 is 39.5 Å². The largest absolute Gasteiger partial charge is 0.472 e. The molecule has 0 spiro atoms. The van der Waals surface area contributed by atoms with Gasteiger partial charge in [-0.2, -0.15) is 0 Å². The zero-order valence-electron chi connectivity index (χ0n) is 61.8. The van der Waals surface area contributed by atoms with Gasteiger partial charge in [0.05, 0.1) is 26.4 Å². The van der Waals surface area contributed by atoms with Gasteiger partial charge in [-0.1, -0.05) is 349 Å². The van der Waals surface area contributed by atoms with Crippen molar-refractivity contribution in [2.75, 3.05) is 39.6 Å². The molecule has 0 fully saturated rings. The Kier molecular flexibility index (Phi) is 67.7. The Morgan fingerprint density at radius 2 is 0.484 bits per heavy atom. The second-order valence-electron chi connectivity index (χ2n) is 27.9. The first-order valence-corrected chi connectivity index (χ1v) is 42.6. The lowest BCUT2D eigenvalue weighted by Crippen LogP contribution is -2.30. The van der Waals surface area contributed by atoms with E-state index >= 15 is 0 Å². The number of aliphatic hydroxyl groups excluding tert-OH is 1. The third-order valence-corrected chi connectivity index (χ3v) is 19.7. The number of phosphoric acid groups is 2. The van der Waals surface area contributed by atoms with E-state index in [1.54, 1.807) is 0 Å². The molecule has 2 unspecified atom stereocenters. The molecule has 564 valence electrons. The number of hydrogen-bond donors (Lipinski definition) is 3. The van der Waals surface area contributed by atoms with Crippen molar-refractivity contribution < 1.29 is 80.2 Å². The standard InChI is InChI=1S/C76H148O17P2/c1-6-9-12-15-18-21-24-26-27-28-29-30-31-32-33-34-35-38-41-46-52-57-62-76(81)92-71(65-86-73(78)59-54-49-44-39-37-25-22-19-16-13-10-7-2)67-90-94(82,83)88-63-70(77)64-89-95(84,85)91-68-72(66-87-74(79)60-55-50-47-42-43-48-53-58-69(4)5)93-75(80)61-56-51-45-40-36-23-20-17-14-11-8-3/h69-72,77H,6-68H2,1-5H3,(H,82,83)(H,84,85)/t70-,71-,72-/m1/s1. The SMILES string of the molecule is CCCCCCCCCCCCCCCCCCCCCCCCC(=O)O[C@H](COC(=O)CCCCCCCCCCCCCC)COP(=O)(O)OC[C@@H](O)COP(=O)(O)OC[C@@H](COC(=O)CCCCCCCCCC(C)C)OC(=O)CCCCCCCCCCCCC. The molecule has 0 bridgehead atoms. The van der Waals surface area contributed by atoms with Gasteiger partial charge in [-0.15, -0.1) is 0 Å². The van der Waals surface area contributed by atoms with Gasteiger partial charge in [0.15, 0.2) is 12.2 Å². The van der Waals surface area contributed by atoms with Crippen LogP contribution in [-0.4, -0.2) is 96.7 Å². The molecule has 95 heavy (non-hydrogen) atoms. The second kappa shape index (κ2) is 69.2. The highest BCUT2D eigenvalue weighted by molar-refractivity contribution is 7.47. The zero-order valence-corrected chi connectivity index (χ0v) is 63.6. The van der Waals surface area contributed by atoms with Gasteiger partial charge in [-0.3, -0.25) is 37.3 Å². The molecule has 0 aromatic heterocycles. The molecular weight excluding hydrogens is 1250 g/mol.